The summed E-state index contributed by atoms with van der Waals surface area (Å²) in [7, 11) is 1.60. The number of amides is 1. The number of benzene rings is 2. The highest BCUT2D eigenvalue weighted by Gasteiger charge is 2.25. The summed E-state index contributed by atoms with van der Waals surface area (Å²) in [6, 6.07) is 16.6. The fourth-order valence-electron chi connectivity index (χ4n) is 2.27. The van der Waals surface area contributed by atoms with Gasteiger partial charge in [0.15, 0.2) is 0 Å². The summed E-state index contributed by atoms with van der Waals surface area (Å²) in [5.41, 5.74) is 4.91. The van der Waals surface area contributed by atoms with Gasteiger partial charge in [0.1, 0.15) is 11.5 Å². The molecule has 0 saturated carbocycles. The largest absolute Gasteiger partial charge is 0.497 e. The maximum absolute atomic E-state index is 12.1. The zero-order valence-corrected chi connectivity index (χ0v) is 12.5. The van der Waals surface area contributed by atoms with Crippen LogP contribution in [-0.4, -0.2) is 24.4 Å². The summed E-state index contributed by atoms with van der Waals surface area (Å²) in [6.45, 7) is 0. The number of ether oxygens (including phenoxy) is 1. The Kier molecular flexibility index (Phi) is 4.01. The van der Waals surface area contributed by atoms with Gasteiger partial charge < -0.3 is 4.74 Å². The van der Waals surface area contributed by atoms with Gasteiger partial charge >= 0.3 is 0 Å². The first-order valence-corrected chi connectivity index (χ1v) is 7.07. The van der Waals surface area contributed by atoms with Crippen LogP contribution in [0.25, 0.3) is 6.08 Å². The number of carbonyl (C=O) groups is 1. The Bertz CT molecular complexity index is 806. The van der Waals surface area contributed by atoms with Gasteiger partial charge in [-0.2, -0.15) is 5.10 Å². The van der Waals surface area contributed by atoms with E-state index >= 15 is 0 Å². The lowest BCUT2D eigenvalue weighted by Gasteiger charge is -2.16. The number of hydrogen-bond donors (Lipinski definition) is 2. The van der Waals surface area contributed by atoms with Crippen LogP contribution in [0, 0.1) is 5.41 Å². The molecule has 2 aromatic carbocycles. The van der Waals surface area contributed by atoms with Gasteiger partial charge in [0.05, 0.1) is 18.4 Å². The summed E-state index contributed by atoms with van der Waals surface area (Å²) in [4.78, 5) is 12.1. The quantitative estimate of drug-likeness (QED) is 0.855. The molecule has 0 spiro atoms. The standard InChI is InChI=1S/C18H15N3O2/c1-23-14-9-7-12(8-10-14)11-15-16(19)17(20-21-18(15)22)13-5-3-2-4-6-13/h2-11,19H,1H3,(H,21,22)/b15-11+,19-16?. The van der Waals surface area contributed by atoms with Crippen molar-refractivity contribution < 1.29 is 9.53 Å². The molecule has 0 aliphatic carbocycles. The molecule has 5 heteroatoms. The molecule has 114 valence electrons. The number of nitrogens with one attached hydrogen (secondary N) is 2. The number of methoxy groups -OCH3 is 1. The first-order valence-electron chi connectivity index (χ1n) is 7.07. The van der Waals surface area contributed by atoms with Crippen molar-refractivity contribution in [1.82, 2.24) is 5.43 Å². The van der Waals surface area contributed by atoms with Crippen LogP contribution in [0.2, 0.25) is 0 Å². The fourth-order valence-corrected chi connectivity index (χ4v) is 2.27. The molecule has 5 nitrogen and oxygen atoms in total. The Balaban J connectivity index is 1.95. The van der Waals surface area contributed by atoms with Crippen molar-refractivity contribution in [2.75, 3.05) is 7.11 Å². The zero-order valence-electron chi connectivity index (χ0n) is 12.5. The molecule has 0 aromatic heterocycles. The van der Waals surface area contributed by atoms with Crippen molar-refractivity contribution >= 4 is 23.4 Å². The Morgan fingerprint density at radius 2 is 1.78 bits per heavy atom. The molecule has 23 heavy (non-hydrogen) atoms. The molecule has 0 bridgehead atoms. The van der Waals surface area contributed by atoms with E-state index in [0.29, 0.717) is 5.71 Å². The van der Waals surface area contributed by atoms with Crippen molar-refractivity contribution in [3.05, 3.63) is 71.3 Å². The molecule has 2 N–H and O–H groups in total. The summed E-state index contributed by atoms with van der Waals surface area (Å²) in [5.74, 6) is 0.354. The molecule has 1 heterocycles. The smallest absolute Gasteiger partial charge is 0.273 e. The topological polar surface area (TPSA) is 74.5 Å². The third-order valence-corrected chi connectivity index (χ3v) is 3.49. The van der Waals surface area contributed by atoms with E-state index in [1.807, 2.05) is 54.6 Å². The minimum absolute atomic E-state index is 0.107. The number of carbonyl (C=O) groups excluding carboxylic acids is 1. The average Bonchev–Trinajstić information content (AvgIpc) is 2.60. The summed E-state index contributed by atoms with van der Waals surface area (Å²) >= 11 is 0. The lowest BCUT2D eigenvalue weighted by molar-refractivity contribution is -0.117. The second-order valence-corrected chi connectivity index (χ2v) is 4.97. The molecule has 1 aliphatic rings. The van der Waals surface area contributed by atoms with Crippen molar-refractivity contribution in [2.24, 2.45) is 5.10 Å². The molecular formula is C18H15N3O2. The van der Waals surface area contributed by atoms with E-state index in [1.165, 1.54) is 0 Å². The number of hydrogen-bond acceptors (Lipinski definition) is 4. The molecule has 0 unspecified atom stereocenters. The Morgan fingerprint density at radius 1 is 1.09 bits per heavy atom. The van der Waals surface area contributed by atoms with Crippen molar-refractivity contribution in [2.45, 2.75) is 0 Å². The van der Waals surface area contributed by atoms with E-state index in [-0.39, 0.29) is 17.2 Å². The number of nitrogens with zero attached hydrogens (tertiary/aromatic N) is 1. The second-order valence-electron chi connectivity index (χ2n) is 4.97. The van der Waals surface area contributed by atoms with E-state index in [4.69, 9.17) is 10.1 Å². The van der Waals surface area contributed by atoms with Crippen LogP contribution >= 0.6 is 0 Å². The minimum Gasteiger partial charge on any atom is -0.497 e. The molecule has 3 rings (SSSR count). The van der Waals surface area contributed by atoms with Gasteiger partial charge in [-0.15, -0.1) is 0 Å². The van der Waals surface area contributed by atoms with Crippen LogP contribution in [-0.2, 0) is 4.79 Å². The summed E-state index contributed by atoms with van der Waals surface area (Å²) in [6.07, 6.45) is 1.68. The van der Waals surface area contributed by atoms with Gasteiger partial charge in [-0.1, -0.05) is 42.5 Å². The summed E-state index contributed by atoms with van der Waals surface area (Å²) in [5, 5.41) is 12.3. The highest BCUT2D eigenvalue weighted by molar-refractivity contribution is 6.58. The predicted molar refractivity (Wildman–Crippen MR) is 89.8 cm³/mol. The van der Waals surface area contributed by atoms with Crippen LogP contribution < -0.4 is 10.2 Å². The Labute approximate surface area is 133 Å². The summed E-state index contributed by atoms with van der Waals surface area (Å²) < 4.78 is 5.11. The Morgan fingerprint density at radius 3 is 2.43 bits per heavy atom. The highest BCUT2D eigenvalue weighted by Crippen LogP contribution is 2.17. The maximum atomic E-state index is 12.1. The maximum Gasteiger partial charge on any atom is 0.273 e. The third kappa shape index (κ3) is 3.03. The highest BCUT2D eigenvalue weighted by atomic mass is 16.5. The van der Waals surface area contributed by atoms with Gasteiger partial charge in [-0.05, 0) is 23.8 Å². The van der Waals surface area contributed by atoms with E-state index in [2.05, 4.69) is 10.5 Å². The number of rotatable bonds is 3. The predicted octanol–water partition coefficient (Wildman–Crippen LogP) is 2.63. The monoisotopic (exact) mass is 305 g/mol. The normalized spacial score (nSPS) is 16.0. The van der Waals surface area contributed by atoms with Gasteiger partial charge in [0.2, 0.25) is 0 Å². The first kappa shape index (κ1) is 14.7. The van der Waals surface area contributed by atoms with E-state index < -0.39 is 0 Å². The number of hydrazone groups is 1. The lowest BCUT2D eigenvalue weighted by Crippen LogP contribution is -2.35. The van der Waals surface area contributed by atoms with Gasteiger partial charge in [0, 0.05) is 5.56 Å². The van der Waals surface area contributed by atoms with Crippen molar-refractivity contribution in [3.8, 4) is 5.75 Å². The van der Waals surface area contributed by atoms with Gasteiger partial charge in [-0.3, -0.25) is 10.2 Å². The molecule has 0 saturated heterocycles. The molecule has 1 amide bonds. The molecule has 0 radical (unpaired) electrons. The van der Waals surface area contributed by atoms with E-state index in [0.717, 1.165) is 16.9 Å². The molecule has 0 atom stereocenters. The van der Waals surface area contributed by atoms with Crippen LogP contribution in [0.3, 0.4) is 0 Å². The van der Waals surface area contributed by atoms with Crippen molar-refractivity contribution in [1.29, 1.82) is 5.41 Å². The minimum atomic E-state index is -0.384. The van der Waals surface area contributed by atoms with Crippen LogP contribution in [0.4, 0.5) is 0 Å². The second kappa shape index (κ2) is 6.27. The molecule has 2 aromatic rings. The van der Waals surface area contributed by atoms with Crippen molar-refractivity contribution in [3.63, 3.8) is 0 Å². The zero-order chi connectivity index (χ0) is 16.2. The van der Waals surface area contributed by atoms with Gasteiger partial charge in [0.25, 0.3) is 5.91 Å². The molecule has 1 aliphatic heterocycles. The van der Waals surface area contributed by atoms with Crippen LogP contribution in [0.15, 0.2) is 65.3 Å². The van der Waals surface area contributed by atoms with Crippen LogP contribution in [0.5, 0.6) is 5.75 Å². The molecular weight excluding hydrogens is 290 g/mol. The average molecular weight is 305 g/mol. The van der Waals surface area contributed by atoms with E-state index in [1.54, 1.807) is 13.2 Å². The van der Waals surface area contributed by atoms with Crippen LogP contribution in [0.1, 0.15) is 11.1 Å². The lowest BCUT2D eigenvalue weighted by atomic mass is 9.96. The Hall–Kier alpha value is -3.21. The van der Waals surface area contributed by atoms with E-state index in [9.17, 15) is 4.79 Å². The first-order chi connectivity index (χ1) is 11.2. The molecule has 0 fully saturated rings. The van der Waals surface area contributed by atoms with Gasteiger partial charge in [-0.25, -0.2) is 5.43 Å². The SMILES string of the molecule is COc1ccc(/C=C2\C(=N)C(c3ccccc3)=NNC2=O)cc1. The fraction of sp³-hybridized carbons (Fsp3) is 0.0556. The third-order valence-electron chi connectivity index (χ3n) is 3.49.